The lowest BCUT2D eigenvalue weighted by Crippen LogP contribution is -2.18. The topological polar surface area (TPSA) is 83.0 Å². The molecule has 0 spiro atoms. The number of nitrogen functional groups attached to an aromatic ring is 1. The Hall–Kier alpha value is -3.15. The molecule has 0 amide bonds. The minimum atomic E-state index is -0.0559. The van der Waals surface area contributed by atoms with E-state index in [1.807, 2.05) is 32.0 Å². The van der Waals surface area contributed by atoms with Gasteiger partial charge >= 0.3 is 0 Å². The molecule has 0 saturated carbocycles. The van der Waals surface area contributed by atoms with Crippen LogP contribution in [0.25, 0.3) is 11.4 Å². The van der Waals surface area contributed by atoms with Crippen LogP contribution in [0.1, 0.15) is 16.7 Å². The molecule has 6 heteroatoms. The Kier molecular flexibility index (Phi) is 4.27. The molecule has 0 aliphatic carbocycles. The van der Waals surface area contributed by atoms with Gasteiger partial charge in [0.15, 0.2) is 5.82 Å². The van der Waals surface area contributed by atoms with Crippen molar-refractivity contribution < 1.29 is 4.74 Å². The summed E-state index contributed by atoms with van der Waals surface area (Å²) in [7, 11) is 1.69. The highest BCUT2D eigenvalue weighted by Crippen LogP contribution is 2.29. The summed E-state index contributed by atoms with van der Waals surface area (Å²) in [5.41, 5.74) is 9.22. The van der Waals surface area contributed by atoms with Crippen LogP contribution in [-0.4, -0.2) is 14.5 Å². The van der Waals surface area contributed by atoms with Crippen molar-refractivity contribution in [3.8, 4) is 23.0 Å². The molecule has 0 saturated heterocycles. The quantitative estimate of drug-likeness (QED) is 0.794. The van der Waals surface area contributed by atoms with Crippen molar-refractivity contribution in [3.05, 3.63) is 63.6 Å². The minimum Gasteiger partial charge on any atom is -0.438 e. The molecule has 6 nitrogen and oxygen atoms in total. The van der Waals surface area contributed by atoms with Crippen molar-refractivity contribution in [2.24, 2.45) is 7.05 Å². The predicted octanol–water partition coefficient (Wildman–Crippen LogP) is 3.14. The van der Waals surface area contributed by atoms with Crippen LogP contribution in [0.4, 0.5) is 5.82 Å². The van der Waals surface area contributed by atoms with Gasteiger partial charge in [0.25, 0.3) is 5.56 Å². The third-order valence-electron chi connectivity index (χ3n) is 3.96. The third-order valence-corrected chi connectivity index (χ3v) is 3.96. The van der Waals surface area contributed by atoms with Gasteiger partial charge in [-0.1, -0.05) is 18.2 Å². The largest absolute Gasteiger partial charge is 0.438 e. The standard InChI is InChI=1S/C19H20N4O2/c1-11-6-5-7-12(2)17(11)25-16-9-15(20)21-18(22-16)14-8-13(3)19(24)23(4)10-14/h5-10H,1-4H3,(H2,20,21,22). The number of benzene rings is 1. The Bertz CT molecular complexity index is 962. The second kappa shape index (κ2) is 6.39. The molecule has 0 radical (unpaired) electrons. The van der Waals surface area contributed by atoms with Crippen LogP contribution in [0.3, 0.4) is 0 Å². The molecular formula is C19H20N4O2. The highest BCUT2D eigenvalue weighted by molar-refractivity contribution is 5.58. The summed E-state index contributed by atoms with van der Waals surface area (Å²) in [6.07, 6.45) is 1.69. The molecule has 0 unspecified atom stereocenters. The number of nitrogens with two attached hydrogens (primary N) is 1. The average Bonchev–Trinajstić information content (AvgIpc) is 2.55. The lowest BCUT2D eigenvalue weighted by Gasteiger charge is -2.12. The Morgan fingerprint density at radius 1 is 1.04 bits per heavy atom. The van der Waals surface area contributed by atoms with Gasteiger partial charge in [0.2, 0.25) is 5.88 Å². The summed E-state index contributed by atoms with van der Waals surface area (Å²) in [5, 5.41) is 0. The number of nitrogens with zero attached hydrogens (tertiary/aromatic N) is 3. The zero-order valence-corrected chi connectivity index (χ0v) is 14.7. The monoisotopic (exact) mass is 336 g/mol. The van der Waals surface area contributed by atoms with Crippen molar-refractivity contribution in [1.29, 1.82) is 0 Å². The van der Waals surface area contributed by atoms with E-state index < -0.39 is 0 Å². The van der Waals surface area contributed by atoms with Crippen LogP contribution in [0, 0.1) is 20.8 Å². The number of hydrogen-bond donors (Lipinski definition) is 1. The van der Waals surface area contributed by atoms with Crippen molar-refractivity contribution in [2.45, 2.75) is 20.8 Å². The number of aryl methyl sites for hydroxylation is 4. The van der Waals surface area contributed by atoms with Gasteiger partial charge < -0.3 is 15.0 Å². The predicted molar refractivity (Wildman–Crippen MR) is 97.8 cm³/mol. The fourth-order valence-corrected chi connectivity index (χ4v) is 2.69. The van der Waals surface area contributed by atoms with Crippen molar-refractivity contribution in [2.75, 3.05) is 5.73 Å². The number of para-hydroxylation sites is 1. The van der Waals surface area contributed by atoms with Crippen molar-refractivity contribution in [1.82, 2.24) is 14.5 Å². The SMILES string of the molecule is Cc1cccc(C)c1Oc1cc(N)nc(-c2cc(C)c(=O)n(C)c2)n1. The second-order valence-electron chi connectivity index (χ2n) is 6.11. The van der Waals surface area contributed by atoms with Crippen LogP contribution in [0.15, 0.2) is 41.3 Å². The highest BCUT2D eigenvalue weighted by atomic mass is 16.5. The molecule has 25 heavy (non-hydrogen) atoms. The Labute approximate surface area is 145 Å². The lowest BCUT2D eigenvalue weighted by atomic mass is 10.1. The minimum absolute atomic E-state index is 0.0559. The van der Waals surface area contributed by atoms with E-state index in [-0.39, 0.29) is 5.56 Å². The van der Waals surface area contributed by atoms with E-state index in [1.165, 1.54) is 4.57 Å². The van der Waals surface area contributed by atoms with Crippen LogP contribution >= 0.6 is 0 Å². The second-order valence-corrected chi connectivity index (χ2v) is 6.11. The van der Waals surface area contributed by atoms with E-state index in [2.05, 4.69) is 9.97 Å². The molecule has 3 aromatic rings. The summed E-state index contributed by atoms with van der Waals surface area (Å²) in [4.78, 5) is 20.6. The van der Waals surface area contributed by atoms with Crippen molar-refractivity contribution in [3.63, 3.8) is 0 Å². The molecule has 0 aliphatic heterocycles. The number of pyridine rings is 1. The number of aromatic nitrogens is 3. The summed E-state index contributed by atoms with van der Waals surface area (Å²) in [5.74, 6) is 1.84. The van der Waals surface area contributed by atoms with E-state index in [9.17, 15) is 4.79 Å². The van der Waals surface area contributed by atoms with Gasteiger partial charge in [-0.05, 0) is 38.0 Å². The first-order valence-electron chi connectivity index (χ1n) is 7.91. The van der Waals surface area contributed by atoms with Crippen LogP contribution in [-0.2, 0) is 7.05 Å². The number of anilines is 1. The average molecular weight is 336 g/mol. The molecular weight excluding hydrogens is 316 g/mol. The van der Waals surface area contributed by atoms with E-state index >= 15 is 0 Å². The summed E-state index contributed by atoms with van der Waals surface area (Å²) < 4.78 is 7.47. The van der Waals surface area contributed by atoms with Crippen LogP contribution in [0.5, 0.6) is 11.6 Å². The third kappa shape index (κ3) is 3.38. The van der Waals surface area contributed by atoms with E-state index in [1.54, 1.807) is 32.3 Å². The molecule has 1 aromatic carbocycles. The van der Waals surface area contributed by atoms with Crippen LogP contribution in [0.2, 0.25) is 0 Å². The first-order chi connectivity index (χ1) is 11.8. The molecule has 0 atom stereocenters. The van der Waals surface area contributed by atoms with Gasteiger partial charge in [0, 0.05) is 30.4 Å². The van der Waals surface area contributed by atoms with Gasteiger partial charge in [0.1, 0.15) is 11.6 Å². The fraction of sp³-hybridized carbons (Fsp3) is 0.211. The summed E-state index contributed by atoms with van der Waals surface area (Å²) >= 11 is 0. The highest BCUT2D eigenvalue weighted by Gasteiger charge is 2.12. The number of rotatable bonds is 3. The molecule has 0 fully saturated rings. The van der Waals surface area contributed by atoms with Gasteiger partial charge in [-0.15, -0.1) is 0 Å². The Morgan fingerprint density at radius 2 is 1.72 bits per heavy atom. The molecule has 2 aromatic heterocycles. The smallest absolute Gasteiger partial charge is 0.253 e. The van der Waals surface area contributed by atoms with Crippen LogP contribution < -0.4 is 16.0 Å². The molecule has 0 bridgehead atoms. The van der Waals surface area contributed by atoms with Gasteiger partial charge in [0.05, 0.1) is 0 Å². The van der Waals surface area contributed by atoms with Crippen molar-refractivity contribution >= 4 is 5.82 Å². The summed E-state index contributed by atoms with van der Waals surface area (Å²) in [6, 6.07) is 9.27. The zero-order valence-electron chi connectivity index (χ0n) is 14.7. The maximum atomic E-state index is 11.9. The number of ether oxygens (including phenoxy) is 1. The van der Waals surface area contributed by atoms with E-state index in [0.29, 0.717) is 28.6 Å². The Balaban J connectivity index is 2.06. The molecule has 2 N–H and O–H groups in total. The molecule has 3 rings (SSSR count). The van der Waals surface area contributed by atoms with Gasteiger partial charge in [-0.25, -0.2) is 4.98 Å². The number of hydrogen-bond acceptors (Lipinski definition) is 5. The van der Waals surface area contributed by atoms with E-state index in [4.69, 9.17) is 10.5 Å². The first-order valence-corrected chi connectivity index (χ1v) is 7.91. The molecule has 2 heterocycles. The maximum absolute atomic E-state index is 11.9. The van der Waals surface area contributed by atoms with Gasteiger partial charge in [-0.3, -0.25) is 4.79 Å². The normalized spacial score (nSPS) is 10.7. The molecule has 128 valence electrons. The fourth-order valence-electron chi connectivity index (χ4n) is 2.69. The zero-order chi connectivity index (χ0) is 18.1. The first kappa shape index (κ1) is 16.7. The van der Waals surface area contributed by atoms with Gasteiger partial charge in [-0.2, -0.15) is 4.98 Å². The summed E-state index contributed by atoms with van der Waals surface area (Å²) in [6.45, 7) is 5.71. The Morgan fingerprint density at radius 3 is 2.36 bits per heavy atom. The maximum Gasteiger partial charge on any atom is 0.253 e. The molecule has 0 aliphatic rings. The lowest BCUT2D eigenvalue weighted by molar-refractivity contribution is 0.456. The van der Waals surface area contributed by atoms with E-state index in [0.717, 1.165) is 16.9 Å².